The second-order valence-electron chi connectivity index (χ2n) is 5.82. The van der Waals surface area contributed by atoms with Gasteiger partial charge in [-0.3, -0.25) is 0 Å². The molecule has 1 unspecified atom stereocenters. The Bertz CT molecular complexity index is 584. The molecule has 2 N–H and O–H groups in total. The maximum absolute atomic E-state index is 13.2. The van der Waals surface area contributed by atoms with E-state index >= 15 is 0 Å². The van der Waals surface area contributed by atoms with Gasteiger partial charge in [0.1, 0.15) is 11.6 Å². The lowest BCUT2D eigenvalue weighted by Crippen LogP contribution is -2.20. The Morgan fingerprint density at radius 1 is 1.20 bits per heavy atom. The van der Waals surface area contributed by atoms with Gasteiger partial charge in [-0.1, -0.05) is 25.3 Å². The maximum Gasteiger partial charge on any atom is 0.126 e. The second kappa shape index (κ2) is 5.54. The topological polar surface area (TPSA) is 51.8 Å². The standard InChI is InChI=1S/C14H17F2N3S/c1-14(2,3)13-12(20-19-18-13)11(17)6-8-4-9(15)7-10(16)5-8/h4-5,7,11H,6,17H2,1-3H3. The van der Waals surface area contributed by atoms with Gasteiger partial charge < -0.3 is 5.73 Å². The summed E-state index contributed by atoms with van der Waals surface area (Å²) in [4.78, 5) is 0.863. The van der Waals surface area contributed by atoms with Crippen molar-refractivity contribution in [2.45, 2.75) is 38.6 Å². The van der Waals surface area contributed by atoms with Crippen LogP contribution in [0.25, 0.3) is 0 Å². The molecule has 1 heterocycles. The van der Waals surface area contributed by atoms with Gasteiger partial charge in [0.2, 0.25) is 0 Å². The molecule has 0 aliphatic heterocycles. The van der Waals surface area contributed by atoms with Crippen molar-refractivity contribution in [2.24, 2.45) is 5.73 Å². The summed E-state index contributed by atoms with van der Waals surface area (Å²) in [6, 6.07) is 3.08. The van der Waals surface area contributed by atoms with Crippen LogP contribution >= 0.6 is 11.5 Å². The van der Waals surface area contributed by atoms with Crippen LogP contribution in [0.3, 0.4) is 0 Å². The minimum Gasteiger partial charge on any atom is -0.323 e. The molecule has 0 saturated carbocycles. The number of nitrogens with two attached hydrogens (primary N) is 1. The van der Waals surface area contributed by atoms with Crippen molar-refractivity contribution >= 4 is 11.5 Å². The molecule has 1 atom stereocenters. The lowest BCUT2D eigenvalue weighted by atomic mass is 9.89. The van der Waals surface area contributed by atoms with Gasteiger partial charge in [-0.15, -0.1) is 5.10 Å². The summed E-state index contributed by atoms with van der Waals surface area (Å²) >= 11 is 1.24. The Hall–Kier alpha value is -1.40. The number of hydrogen-bond acceptors (Lipinski definition) is 4. The fourth-order valence-electron chi connectivity index (χ4n) is 2.04. The van der Waals surface area contributed by atoms with Crippen LogP contribution in [0.5, 0.6) is 0 Å². The van der Waals surface area contributed by atoms with Gasteiger partial charge in [0.25, 0.3) is 0 Å². The lowest BCUT2D eigenvalue weighted by molar-refractivity contribution is 0.548. The van der Waals surface area contributed by atoms with E-state index in [1.165, 1.54) is 23.7 Å². The van der Waals surface area contributed by atoms with E-state index in [1.807, 2.05) is 20.8 Å². The quantitative estimate of drug-likeness (QED) is 0.945. The largest absolute Gasteiger partial charge is 0.323 e. The minimum absolute atomic E-state index is 0.160. The molecule has 0 radical (unpaired) electrons. The number of hydrogen-bond donors (Lipinski definition) is 1. The van der Waals surface area contributed by atoms with Crippen molar-refractivity contribution in [3.63, 3.8) is 0 Å². The summed E-state index contributed by atoms with van der Waals surface area (Å²) in [5.74, 6) is -1.18. The van der Waals surface area contributed by atoms with Gasteiger partial charge in [0.15, 0.2) is 0 Å². The maximum atomic E-state index is 13.2. The molecule has 0 aliphatic carbocycles. The van der Waals surface area contributed by atoms with E-state index in [9.17, 15) is 8.78 Å². The van der Waals surface area contributed by atoms with Crippen molar-refractivity contribution in [3.05, 3.63) is 46.0 Å². The first-order valence-electron chi connectivity index (χ1n) is 6.30. The summed E-state index contributed by atoms with van der Waals surface area (Å²) in [6.07, 6.45) is 0.349. The zero-order valence-electron chi connectivity index (χ0n) is 11.7. The molecule has 0 spiro atoms. The summed E-state index contributed by atoms with van der Waals surface area (Å²) in [7, 11) is 0. The number of benzene rings is 1. The molecule has 108 valence electrons. The molecular weight excluding hydrogens is 280 g/mol. The Morgan fingerprint density at radius 2 is 1.80 bits per heavy atom. The van der Waals surface area contributed by atoms with E-state index in [-0.39, 0.29) is 11.5 Å². The molecule has 2 rings (SSSR count). The zero-order chi connectivity index (χ0) is 14.9. The SMILES string of the molecule is CC(C)(C)c1nnsc1C(N)Cc1cc(F)cc(F)c1. The highest BCUT2D eigenvalue weighted by atomic mass is 32.1. The van der Waals surface area contributed by atoms with E-state index < -0.39 is 11.6 Å². The molecule has 0 aliphatic rings. The average molecular weight is 297 g/mol. The van der Waals surface area contributed by atoms with E-state index in [0.29, 0.717) is 12.0 Å². The predicted octanol–water partition coefficient (Wildman–Crippen LogP) is 3.36. The van der Waals surface area contributed by atoms with Gasteiger partial charge in [-0.2, -0.15) is 0 Å². The highest BCUT2D eigenvalue weighted by molar-refractivity contribution is 7.05. The highest BCUT2D eigenvalue weighted by Crippen LogP contribution is 2.30. The fourth-order valence-corrected chi connectivity index (χ4v) is 2.90. The molecule has 0 fully saturated rings. The molecule has 0 amide bonds. The van der Waals surface area contributed by atoms with Crippen molar-refractivity contribution in [3.8, 4) is 0 Å². The summed E-state index contributed by atoms with van der Waals surface area (Å²) in [5, 5.41) is 4.13. The second-order valence-corrected chi connectivity index (χ2v) is 6.61. The normalized spacial score (nSPS) is 13.5. The van der Waals surface area contributed by atoms with Gasteiger partial charge in [-0.05, 0) is 35.6 Å². The van der Waals surface area contributed by atoms with Crippen LogP contribution in [0.15, 0.2) is 18.2 Å². The van der Waals surface area contributed by atoms with Crippen LogP contribution in [-0.2, 0) is 11.8 Å². The van der Waals surface area contributed by atoms with Gasteiger partial charge in [0.05, 0.1) is 10.6 Å². The number of halogens is 2. The Kier molecular flexibility index (Phi) is 4.15. The molecular formula is C14H17F2N3S. The van der Waals surface area contributed by atoms with Gasteiger partial charge in [-0.25, -0.2) is 8.78 Å². The predicted molar refractivity (Wildman–Crippen MR) is 75.6 cm³/mol. The molecule has 20 heavy (non-hydrogen) atoms. The summed E-state index contributed by atoms with van der Waals surface area (Å²) < 4.78 is 30.3. The van der Waals surface area contributed by atoms with E-state index in [0.717, 1.165) is 16.6 Å². The van der Waals surface area contributed by atoms with Crippen molar-refractivity contribution in [1.29, 1.82) is 0 Å². The molecule has 3 nitrogen and oxygen atoms in total. The summed E-state index contributed by atoms with van der Waals surface area (Å²) in [6.45, 7) is 6.09. The Morgan fingerprint density at radius 3 is 2.35 bits per heavy atom. The van der Waals surface area contributed by atoms with Crippen molar-refractivity contribution in [1.82, 2.24) is 9.59 Å². The van der Waals surface area contributed by atoms with Crippen molar-refractivity contribution in [2.75, 3.05) is 0 Å². The molecule has 2 aromatic rings. The zero-order valence-corrected chi connectivity index (χ0v) is 12.5. The first kappa shape index (κ1) is 15.0. The third kappa shape index (κ3) is 3.37. The van der Waals surface area contributed by atoms with Gasteiger partial charge >= 0.3 is 0 Å². The van der Waals surface area contributed by atoms with Crippen LogP contribution in [0.1, 0.15) is 42.9 Å². The lowest BCUT2D eigenvalue weighted by Gasteiger charge is -2.19. The van der Waals surface area contributed by atoms with Crippen LogP contribution in [-0.4, -0.2) is 9.59 Å². The van der Waals surface area contributed by atoms with E-state index in [2.05, 4.69) is 9.59 Å². The first-order chi connectivity index (χ1) is 9.27. The van der Waals surface area contributed by atoms with Crippen LogP contribution in [0.2, 0.25) is 0 Å². The molecule has 1 aromatic carbocycles. The fraction of sp³-hybridized carbons (Fsp3) is 0.429. The molecule has 0 saturated heterocycles. The van der Waals surface area contributed by atoms with Crippen LogP contribution in [0, 0.1) is 11.6 Å². The number of aromatic nitrogens is 2. The van der Waals surface area contributed by atoms with Crippen molar-refractivity contribution < 1.29 is 8.78 Å². The smallest absolute Gasteiger partial charge is 0.126 e. The third-order valence-corrected chi connectivity index (χ3v) is 3.79. The van der Waals surface area contributed by atoms with Gasteiger partial charge in [0, 0.05) is 17.5 Å². The van der Waals surface area contributed by atoms with Crippen LogP contribution < -0.4 is 5.73 Å². The van der Waals surface area contributed by atoms with E-state index in [4.69, 9.17) is 5.73 Å². The minimum atomic E-state index is -0.592. The third-order valence-electron chi connectivity index (χ3n) is 2.94. The Labute approximate surface area is 121 Å². The average Bonchev–Trinajstić information content (AvgIpc) is 2.75. The van der Waals surface area contributed by atoms with Crippen LogP contribution in [0.4, 0.5) is 8.78 Å². The highest BCUT2D eigenvalue weighted by Gasteiger charge is 2.25. The first-order valence-corrected chi connectivity index (χ1v) is 7.08. The molecule has 1 aromatic heterocycles. The monoisotopic (exact) mass is 297 g/mol. The number of rotatable bonds is 3. The number of nitrogens with zero attached hydrogens (tertiary/aromatic N) is 2. The van der Waals surface area contributed by atoms with E-state index in [1.54, 1.807) is 0 Å². The summed E-state index contributed by atoms with van der Waals surface area (Å²) in [5.41, 5.74) is 7.37. The Balaban J connectivity index is 2.24. The molecule has 0 bridgehead atoms. The molecule has 6 heteroatoms.